The van der Waals surface area contributed by atoms with E-state index in [1.54, 1.807) is 18.2 Å². The van der Waals surface area contributed by atoms with Crippen molar-refractivity contribution >= 4 is 5.91 Å². The highest BCUT2D eigenvalue weighted by atomic mass is 19.1. The second-order valence-corrected chi connectivity index (χ2v) is 7.62. The number of hydrogen-bond acceptors (Lipinski definition) is 3. The zero-order valence-electron chi connectivity index (χ0n) is 16.6. The first-order valence-electron chi connectivity index (χ1n) is 10.1. The van der Waals surface area contributed by atoms with E-state index >= 15 is 0 Å². The summed E-state index contributed by atoms with van der Waals surface area (Å²) in [5.74, 6) is -0.254. The van der Waals surface area contributed by atoms with E-state index in [2.05, 4.69) is 39.4 Å². The molecule has 0 aliphatic carbocycles. The monoisotopic (exact) mass is 383 g/mol. The fourth-order valence-corrected chi connectivity index (χ4v) is 3.70. The molecule has 2 aromatic rings. The molecule has 2 aromatic carbocycles. The van der Waals surface area contributed by atoms with Gasteiger partial charge in [-0.1, -0.05) is 48.5 Å². The third kappa shape index (κ3) is 6.43. The minimum atomic E-state index is -0.239. The maximum atomic E-state index is 13.6. The van der Waals surface area contributed by atoms with E-state index < -0.39 is 0 Å². The topological polar surface area (TPSA) is 35.6 Å². The maximum Gasteiger partial charge on any atom is 0.220 e. The molecule has 3 rings (SSSR count). The first-order valence-corrected chi connectivity index (χ1v) is 10.1. The third-order valence-electron chi connectivity index (χ3n) is 5.23. The van der Waals surface area contributed by atoms with Crippen LogP contribution in [0.5, 0.6) is 0 Å². The quantitative estimate of drug-likeness (QED) is 0.761. The van der Waals surface area contributed by atoms with E-state index in [0.717, 1.165) is 39.3 Å². The molecule has 1 saturated heterocycles. The van der Waals surface area contributed by atoms with Crippen LogP contribution in [0.4, 0.5) is 4.39 Å². The number of carbonyl (C=O) groups is 1. The van der Waals surface area contributed by atoms with Gasteiger partial charge in [0.1, 0.15) is 5.82 Å². The Balaban J connectivity index is 1.34. The zero-order valence-corrected chi connectivity index (χ0v) is 16.6. The van der Waals surface area contributed by atoms with E-state index in [-0.39, 0.29) is 17.8 Å². The molecule has 1 N–H and O–H groups in total. The Morgan fingerprint density at radius 1 is 1.00 bits per heavy atom. The Morgan fingerprint density at radius 2 is 1.64 bits per heavy atom. The predicted molar refractivity (Wildman–Crippen MR) is 110 cm³/mol. The van der Waals surface area contributed by atoms with Gasteiger partial charge in [-0.3, -0.25) is 14.6 Å². The highest BCUT2D eigenvalue weighted by molar-refractivity contribution is 5.76. The smallest absolute Gasteiger partial charge is 0.220 e. The van der Waals surface area contributed by atoms with Gasteiger partial charge < -0.3 is 5.32 Å². The normalized spacial score (nSPS) is 16.6. The fraction of sp³-hybridized carbons (Fsp3) is 0.435. The lowest BCUT2D eigenvalue weighted by Gasteiger charge is -2.36. The minimum absolute atomic E-state index is 0.0153. The highest BCUT2D eigenvalue weighted by Gasteiger charge is 2.19. The van der Waals surface area contributed by atoms with Gasteiger partial charge in [-0.15, -0.1) is 0 Å². The van der Waals surface area contributed by atoms with Crippen LogP contribution in [0.1, 0.15) is 24.5 Å². The van der Waals surface area contributed by atoms with Gasteiger partial charge in [-0.2, -0.15) is 0 Å². The standard InChI is InChI=1S/C23H30FN3O/c1-19(25-23(28)12-11-21-9-5-6-10-22(21)24)17-26-13-15-27(16-14-26)18-20-7-3-2-4-8-20/h2-10,19H,11-18H2,1H3,(H,25,28). The molecule has 1 heterocycles. The van der Waals surface area contributed by atoms with Crippen LogP contribution in [0.25, 0.3) is 0 Å². The third-order valence-corrected chi connectivity index (χ3v) is 5.23. The Labute approximate surface area is 167 Å². The molecule has 150 valence electrons. The van der Waals surface area contributed by atoms with E-state index in [9.17, 15) is 9.18 Å². The molecule has 1 aliphatic rings. The van der Waals surface area contributed by atoms with Gasteiger partial charge >= 0.3 is 0 Å². The number of carbonyl (C=O) groups excluding carboxylic acids is 1. The molecule has 0 saturated carbocycles. The number of halogens is 1. The number of aryl methyl sites for hydroxylation is 1. The molecule has 0 radical (unpaired) electrons. The van der Waals surface area contributed by atoms with Gasteiger partial charge in [-0.25, -0.2) is 4.39 Å². The first-order chi connectivity index (χ1) is 13.6. The SMILES string of the molecule is CC(CN1CCN(Cc2ccccc2)CC1)NC(=O)CCc1ccccc1F. The second-order valence-electron chi connectivity index (χ2n) is 7.62. The molecule has 1 atom stereocenters. The first kappa shape index (κ1) is 20.5. The molecular formula is C23H30FN3O. The van der Waals surface area contributed by atoms with Crippen LogP contribution in [-0.2, 0) is 17.8 Å². The molecule has 1 unspecified atom stereocenters. The summed E-state index contributed by atoms with van der Waals surface area (Å²) in [6, 6.07) is 17.3. The summed E-state index contributed by atoms with van der Waals surface area (Å²) >= 11 is 0. The maximum absolute atomic E-state index is 13.6. The lowest BCUT2D eigenvalue weighted by Crippen LogP contribution is -2.50. The lowest BCUT2D eigenvalue weighted by molar-refractivity contribution is -0.121. The van der Waals surface area contributed by atoms with Gasteiger partial charge in [0.25, 0.3) is 0 Å². The summed E-state index contributed by atoms with van der Waals surface area (Å²) < 4.78 is 13.6. The number of nitrogens with zero attached hydrogens (tertiary/aromatic N) is 2. The molecular weight excluding hydrogens is 353 g/mol. The summed E-state index contributed by atoms with van der Waals surface area (Å²) in [4.78, 5) is 17.1. The summed E-state index contributed by atoms with van der Waals surface area (Å²) in [5.41, 5.74) is 1.95. The van der Waals surface area contributed by atoms with Crippen LogP contribution < -0.4 is 5.32 Å². The Morgan fingerprint density at radius 3 is 2.36 bits per heavy atom. The van der Waals surface area contributed by atoms with Crippen LogP contribution in [0.2, 0.25) is 0 Å². The number of amides is 1. The van der Waals surface area contributed by atoms with Crippen molar-refractivity contribution in [2.75, 3.05) is 32.7 Å². The number of piperazine rings is 1. The van der Waals surface area contributed by atoms with Crippen LogP contribution in [0.15, 0.2) is 54.6 Å². The molecule has 1 fully saturated rings. The van der Waals surface area contributed by atoms with Gasteiger partial charge in [0, 0.05) is 51.7 Å². The summed E-state index contributed by atoms with van der Waals surface area (Å²) in [6.45, 7) is 8.01. The largest absolute Gasteiger partial charge is 0.352 e. The Hall–Kier alpha value is -2.24. The van der Waals surface area contributed by atoms with E-state index in [4.69, 9.17) is 0 Å². The van der Waals surface area contributed by atoms with E-state index in [1.807, 2.05) is 13.0 Å². The Kier molecular flexibility index (Phi) is 7.57. The van der Waals surface area contributed by atoms with Gasteiger partial charge in [-0.05, 0) is 30.5 Å². The number of nitrogens with one attached hydrogen (secondary N) is 1. The average Bonchev–Trinajstić information content (AvgIpc) is 2.69. The summed E-state index contributed by atoms with van der Waals surface area (Å²) in [6.07, 6.45) is 0.750. The molecule has 0 aromatic heterocycles. The van der Waals surface area contributed by atoms with Crippen molar-refractivity contribution in [1.82, 2.24) is 15.1 Å². The van der Waals surface area contributed by atoms with Crippen LogP contribution >= 0.6 is 0 Å². The van der Waals surface area contributed by atoms with E-state index in [0.29, 0.717) is 18.4 Å². The van der Waals surface area contributed by atoms with E-state index in [1.165, 1.54) is 11.6 Å². The molecule has 1 aliphatic heterocycles. The average molecular weight is 384 g/mol. The number of rotatable bonds is 8. The predicted octanol–water partition coefficient (Wildman–Crippen LogP) is 3.08. The van der Waals surface area contributed by atoms with Gasteiger partial charge in [0.15, 0.2) is 0 Å². The van der Waals surface area contributed by atoms with Crippen molar-refractivity contribution in [2.24, 2.45) is 0 Å². The van der Waals surface area contributed by atoms with Crippen molar-refractivity contribution in [3.63, 3.8) is 0 Å². The molecule has 28 heavy (non-hydrogen) atoms. The lowest BCUT2D eigenvalue weighted by atomic mass is 10.1. The molecule has 0 spiro atoms. The molecule has 5 heteroatoms. The second kappa shape index (κ2) is 10.3. The highest BCUT2D eigenvalue weighted by Crippen LogP contribution is 2.10. The van der Waals surface area contributed by atoms with Crippen LogP contribution in [0.3, 0.4) is 0 Å². The van der Waals surface area contributed by atoms with Crippen molar-refractivity contribution in [3.05, 3.63) is 71.5 Å². The van der Waals surface area contributed by atoms with Crippen molar-refractivity contribution in [2.45, 2.75) is 32.4 Å². The minimum Gasteiger partial charge on any atom is -0.352 e. The van der Waals surface area contributed by atoms with Crippen LogP contribution in [0, 0.1) is 5.82 Å². The molecule has 4 nitrogen and oxygen atoms in total. The summed E-state index contributed by atoms with van der Waals surface area (Å²) in [7, 11) is 0. The van der Waals surface area contributed by atoms with Gasteiger partial charge in [0.05, 0.1) is 0 Å². The fourth-order valence-electron chi connectivity index (χ4n) is 3.70. The molecule has 0 bridgehead atoms. The van der Waals surface area contributed by atoms with Crippen LogP contribution in [-0.4, -0.2) is 54.5 Å². The Bertz CT molecular complexity index is 745. The molecule has 1 amide bonds. The number of benzene rings is 2. The van der Waals surface area contributed by atoms with Gasteiger partial charge in [0.2, 0.25) is 5.91 Å². The van der Waals surface area contributed by atoms with Crippen molar-refractivity contribution < 1.29 is 9.18 Å². The zero-order chi connectivity index (χ0) is 19.8. The van der Waals surface area contributed by atoms with Crippen molar-refractivity contribution in [3.8, 4) is 0 Å². The van der Waals surface area contributed by atoms with Crippen molar-refractivity contribution in [1.29, 1.82) is 0 Å². The summed E-state index contributed by atoms with van der Waals surface area (Å²) in [5, 5.41) is 3.05. The number of hydrogen-bond donors (Lipinski definition) is 1.